The average molecular weight is 422 g/mol. The Kier molecular flexibility index (Phi) is 6.94. The highest BCUT2D eigenvalue weighted by Gasteiger charge is 2.35. The van der Waals surface area contributed by atoms with Crippen LogP contribution in [-0.4, -0.2) is 93.5 Å². The predicted octanol–water partition coefficient (Wildman–Crippen LogP) is 1.44. The molecule has 2 fully saturated rings. The van der Waals surface area contributed by atoms with E-state index >= 15 is 0 Å². The Morgan fingerprint density at radius 1 is 1.07 bits per heavy atom. The molecule has 0 bridgehead atoms. The summed E-state index contributed by atoms with van der Waals surface area (Å²) >= 11 is 5.51. The maximum atomic E-state index is 13.0. The molecule has 0 saturated carbocycles. The minimum atomic E-state index is -0.112. The smallest absolute Gasteiger partial charge is 0.276 e. The second kappa shape index (κ2) is 9.43. The molecular formula is C20H27N3O5S. The van der Waals surface area contributed by atoms with E-state index in [1.165, 1.54) is 0 Å². The molecule has 2 saturated heterocycles. The first-order valence-corrected chi connectivity index (χ1v) is 9.82. The molecule has 0 N–H and O–H groups in total. The fraction of sp³-hybridized carbons (Fsp3) is 0.500. The van der Waals surface area contributed by atoms with Crippen LogP contribution >= 0.6 is 12.2 Å². The van der Waals surface area contributed by atoms with Gasteiger partial charge in [0.2, 0.25) is 5.75 Å². The van der Waals surface area contributed by atoms with Gasteiger partial charge in [-0.2, -0.15) is 0 Å². The van der Waals surface area contributed by atoms with Crippen molar-refractivity contribution in [1.29, 1.82) is 0 Å². The monoisotopic (exact) mass is 421 g/mol. The molecule has 0 atom stereocenters. The van der Waals surface area contributed by atoms with E-state index < -0.39 is 0 Å². The number of likely N-dealkylation sites (N-methyl/N-ethyl adjacent to an activating group) is 1. The standard InChI is InChI=1S/C20H27N3O5S/c1-21-15(11-14-12-16(25-2)18(27-4)17(13-14)26-3)19(24)23(20(21)29)6-5-22-7-9-28-10-8-22/h11-13H,5-10H2,1-4H3/b15-11-. The zero-order valence-corrected chi connectivity index (χ0v) is 18.1. The van der Waals surface area contributed by atoms with Crippen molar-refractivity contribution in [1.82, 2.24) is 14.7 Å². The molecule has 2 aliphatic heterocycles. The quantitative estimate of drug-likeness (QED) is 0.484. The van der Waals surface area contributed by atoms with Gasteiger partial charge in [0.05, 0.1) is 34.5 Å². The van der Waals surface area contributed by atoms with E-state index in [2.05, 4.69) is 4.90 Å². The Morgan fingerprint density at radius 3 is 2.24 bits per heavy atom. The van der Waals surface area contributed by atoms with Gasteiger partial charge in [-0.25, -0.2) is 0 Å². The summed E-state index contributed by atoms with van der Waals surface area (Å²) in [5.74, 6) is 1.45. The zero-order chi connectivity index (χ0) is 21.0. The maximum absolute atomic E-state index is 13.0. The summed E-state index contributed by atoms with van der Waals surface area (Å²) < 4.78 is 21.5. The number of ether oxygens (including phenoxy) is 4. The fourth-order valence-electron chi connectivity index (χ4n) is 3.42. The summed E-state index contributed by atoms with van der Waals surface area (Å²) in [5, 5.41) is 0.502. The first-order valence-electron chi connectivity index (χ1n) is 9.41. The van der Waals surface area contributed by atoms with Gasteiger partial charge >= 0.3 is 0 Å². The highest BCUT2D eigenvalue weighted by atomic mass is 32.1. The van der Waals surface area contributed by atoms with Crippen molar-refractivity contribution in [3.63, 3.8) is 0 Å². The fourth-order valence-corrected chi connectivity index (χ4v) is 3.69. The number of carbonyl (C=O) groups excluding carboxylic acids is 1. The Labute approximate surface area is 176 Å². The molecule has 9 heteroatoms. The summed E-state index contributed by atoms with van der Waals surface area (Å²) in [6, 6.07) is 3.60. The number of amides is 1. The lowest BCUT2D eigenvalue weighted by atomic mass is 10.1. The van der Waals surface area contributed by atoms with Crippen LogP contribution in [0.2, 0.25) is 0 Å². The molecule has 3 rings (SSSR count). The highest BCUT2D eigenvalue weighted by molar-refractivity contribution is 7.80. The van der Waals surface area contributed by atoms with E-state index in [0.29, 0.717) is 34.6 Å². The van der Waals surface area contributed by atoms with Crippen molar-refractivity contribution in [2.45, 2.75) is 0 Å². The number of nitrogens with zero attached hydrogens (tertiary/aromatic N) is 3. The van der Waals surface area contributed by atoms with Gasteiger partial charge in [-0.3, -0.25) is 14.6 Å². The Bertz CT molecular complexity index is 782. The number of hydrogen-bond donors (Lipinski definition) is 0. The lowest BCUT2D eigenvalue weighted by Crippen LogP contribution is -2.43. The first-order chi connectivity index (χ1) is 14.0. The molecule has 1 aromatic rings. The number of methoxy groups -OCH3 is 3. The highest BCUT2D eigenvalue weighted by Crippen LogP contribution is 2.39. The summed E-state index contributed by atoms with van der Waals surface area (Å²) in [6.07, 6.45) is 1.79. The molecule has 0 spiro atoms. The van der Waals surface area contributed by atoms with Gasteiger partial charge in [0, 0.05) is 33.2 Å². The van der Waals surface area contributed by atoms with Crippen molar-refractivity contribution < 1.29 is 23.7 Å². The zero-order valence-electron chi connectivity index (χ0n) is 17.3. The minimum Gasteiger partial charge on any atom is -0.493 e. The van der Waals surface area contributed by atoms with Gasteiger partial charge in [0.25, 0.3) is 5.91 Å². The number of rotatable bonds is 7. The lowest BCUT2D eigenvalue weighted by Gasteiger charge is -2.28. The van der Waals surface area contributed by atoms with Crippen LogP contribution in [0.1, 0.15) is 5.56 Å². The molecule has 0 aliphatic carbocycles. The third-order valence-electron chi connectivity index (χ3n) is 5.08. The van der Waals surface area contributed by atoms with Crippen LogP contribution in [0.3, 0.4) is 0 Å². The number of thiocarbonyl (C=S) groups is 1. The van der Waals surface area contributed by atoms with Crippen LogP contribution in [0.4, 0.5) is 0 Å². The van der Waals surface area contributed by atoms with E-state index in [4.69, 9.17) is 31.2 Å². The Balaban J connectivity index is 1.82. The van der Waals surface area contributed by atoms with Crippen molar-refractivity contribution >= 4 is 29.3 Å². The van der Waals surface area contributed by atoms with Crippen LogP contribution in [0.25, 0.3) is 6.08 Å². The van der Waals surface area contributed by atoms with Gasteiger partial charge in [-0.15, -0.1) is 0 Å². The van der Waals surface area contributed by atoms with E-state index in [9.17, 15) is 4.79 Å². The summed E-state index contributed by atoms with van der Waals surface area (Å²) in [6.45, 7) is 4.52. The van der Waals surface area contributed by atoms with Crippen LogP contribution < -0.4 is 14.2 Å². The van der Waals surface area contributed by atoms with E-state index in [1.54, 1.807) is 56.4 Å². The Hall–Kier alpha value is -2.36. The van der Waals surface area contributed by atoms with Crippen molar-refractivity contribution in [3.8, 4) is 17.2 Å². The number of morpholine rings is 1. The van der Waals surface area contributed by atoms with E-state index in [1.807, 2.05) is 0 Å². The minimum absolute atomic E-state index is 0.112. The number of benzene rings is 1. The molecule has 2 aliphatic rings. The molecule has 2 heterocycles. The molecule has 8 nitrogen and oxygen atoms in total. The molecule has 0 aromatic heterocycles. The summed E-state index contributed by atoms with van der Waals surface area (Å²) in [5.41, 5.74) is 1.26. The number of hydrogen-bond acceptors (Lipinski definition) is 7. The van der Waals surface area contributed by atoms with Crippen LogP contribution in [-0.2, 0) is 9.53 Å². The van der Waals surface area contributed by atoms with Crippen molar-refractivity contribution in [3.05, 3.63) is 23.4 Å². The SMILES string of the molecule is COc1cc(/C=C2/C(=O)N(CCN3CCOCC3)C(=S)N2C)cc(OC)c1OC. The average Bonchev–Trinajstić information content (AvgIpc) is 2.95. The number of carbonyl (C=O) groups is 1. The van der Waals surface area contributed by atoms with Crippen LogP contribution in [0.5, 0.6) is 17.2 Å². The van der Waals surface area contributed by atoms with Gasteiger partial charge in [-0.1, -0.05) is 0 Å². The summed E-state index contributed by atoms with van der Waals surface area (Å²) in [4.78, 5) is 18.7. The molecular weight excluding hydrogens is 394 g/mol. The molecule has 1 amide bonds. The molecule has 29 heavy (non-hydrogen) atoms. The lowest BCUT2D eigenvalue weighted by molar-refractivity contribution is -0.122. The van der Waals surface area contributed by atoms with Gasteiger partial charge in [0.1, 0.15) is 5.70 Å². The van der Waals surface area contributed by atoms with Crippen LogP contribution in [0.15, 0.2) is 17.8 Å². The Morgan fingerprint density at radius 2 is 1.69 bits per heavy atom. The largest absolute Gasteiger partial charge is 0.493 e. The third kappa shape index (κ3) is 4.47. The van der Waals surface area contributed by atoms with Gasteiger partial charge in [-0.05, 0) is 36.0 Å². The topological polar surface area (TPSA) is 63.7 Å². The molecule has 158 valence electrons. The maximum Gasteiger partial charge on any atom is 0.276 e. The second-order valence-corrected chi connectivity index (χ2v) is 7.11. The second-order valence-electron chi connectivity index (χ2n) is 6.74. The van der Waals surface area contributed by atoms with Crippen molar-refractivity contribution in [2.75, 3.05) is 67.8 Å². The van der Waals surface area contributed by atoms with E-state index in [0.717, 1.165) is 38.4 Å². The predicted molar refractivity (Wildman–Crippen MR) is 113 cm³/mol. The molecule has 0 radical (unpaired) electrons. The van der Waals surface area contributed by atoms with Crippen molar-refractivity contribution in [2.24, 2.45) is 0 Å². The first kappa shape index (κ1) is 21.4. The van der Waals surface area contributed by atoms with E-state index in [-0.39, 0.29) is 5.91 Å². The normalized spacial score (nSPS) is 19.2. The summed E-state index contributed by atoms with van der Waals surface area (Å²) in [7, 11) is 6.48. The van der Waals surface area contributed by atoms with Crippen LogP contribution in [0, 0.1) is 0 Å². The molecule has 0 unspecified atom stereocenters. The molecule has 1 aromatic carbocycles. The third-order valence-corrected chi connectivity index (χ3v) is 5.57. The van der Waals surface area contributed by atoms with Gasteiger partial charge in [0.15, 0.2) is 16.6 Å². The van der Waals surface area contributed by atoms with Gasteiger partial charge < -0.3 is 23.8 Å².